The second kappa shape index (κ2) is 7.54. The molecular weight excluding hydrogens is 310 g/mol. The van der Waals surface area contributed by atoms with Crippen molar-refractivity contribution in [2.45, 2.75) is 19.8 Å². The number of nitrogens with zero attached hydrogens (tertiary/aromatic N) is 1. The van der Waals surface area contributed by atoms with Crippen LogP contribution in [0.1, 0.15) is 35.8 Å². The summed E-state index contributed by atoms with van der Waals surface area (Å²) in [5.41, 5.74) is 1.79. The Morgan fingerprint density at radius 1 is 1.21 bits per heavy atom. The van der Waals surface area contributed by atoms with Crippen molar-refractivity contribution in [2.75, 3.05) is 13.7 Å². The highest BCUT2D eigenvalue weighted by Gasteiger charge is 2.17. The summed E-state index contributed by atoms with van der Waals surface area (Å²) in [6.07, 6.45) is 0. The number of rotatable bonds is 4. The first kappa shape index (κ1) is 17.4. The largest absolute Gasteiger partial charge is 0.452 e. The van der Waals surface area contributed by atoms with Gasteiger partial charge in [0.2, 0.25) is 0 Å². The third-order valence-corrected chi connectivity index (χ3v) is 3.36. The summed E-state index contributed by atoms with van der Waals surface area (Å²) in [6, 6.07) is 8.24. The maximum Gasteiger partial charge on any atom is 0.339 e. The van der Waals surface area contributed by atoms with Gasteiger partial charge in [0, 0.05) is 18.1 Å². The number of ether oxygens (including phenoxy) is 1. The van der Waals surface area contributed by atoms with Crippen LogP contribution in [-0.2, 0) is 9.53 Å². The van der Waals surface area contributed by atoms with E-state index in [-0.39, 0.29) is 5.92 Å². The lowest BCUT2D eigenvalue weighted by Gasteiger charge is -2.11. The van der Waals surface area contributed by atoms with Crippen LogP contribution in [0.4, 0.5) is 4.79 Å². The molecule has 0 aliphatic rings. The maximum absolute atomic E-state index is 12.4. The number of para-hydroxylation sites is 1. The molecule has 1 heterocycles. The minimum atomic E-state index is -0.704. The van der Waals surface area contributed by atoms with Gasteiger partial charge >= 0.3 is 12.0 Å². The Hall–Kier alpha value is -2.96. The SMILES string of the molecule is CNC(=O)NC(=O)COC(=O)c1cc(C(C)C)nc2ccccc12. The molecule has 7 heteroatoms. The fraction of sp³-hybridized carbons (Fsp3) is 0.294. The number of nitrogens with one attached hydrogen (secondary N) is 2. The Balaban J connectivity index is 2.22. The van der Waals surface area contributed by atoms with E-state index in [4.69, 9.17) is 4.74 Å². The number of hydrogen-bond acceptors (Lipinski definition) is 5. The van der Waals surface area contributed by atoms with Crippen molar-refractivity contribution in [3.63, 3.8) is 0 Å². The van der Waals surface area contributed by atoms with E-state index >= 15 is 0 Å². The van der Waals surface area contributed by atoms with Crippen molar-refractivity contribution in [3.8, 4) is 0 Å². The van der Waals surface area contributed by atoms with Crippen molar-refractivity contribution in [2.24, 2.45) is 0 Å². The molecule has 1 aromatic heterocycles. The van der Waals surface area contributed by atoms with Crippen LogP contribution in [0.2, 0.25) is 0 Å². The summed E-state index contributed by atoms with van der Waals surface area (Å²) in [7, 11) is 1.38. The molecule has 0 radical (unpaired) electrons. The minimum absolute atomic E-state index is 0.137. The van der Waals surface area contributed by atoms with Crippen molar-refractivity contribution in [1.29, 1.82) is 0 Å². The Kier molecular flexibility index (Phi) is 5.47. The number of pyridine rings is 1. The Morgan fingerprint density at radius 2 is 1.92 bits per heavy atom. The second-order valence-corrected chi connectivity index (χ2v) is 5.47. The Morgan fingerprint density at radius 3 is 2.58 bits per heavy atom. The molecule has 0 atom stereocenters. The number of aromatic nitrogens is 1. The highest BCUT2D eigenvalue weighted by molar-refractivity contribution is 6.04. The molecule has 3 amide bonds. The highest BCUT2D eigenvalue weighted by Crippen LogP contribution is 2.23. The average Bonchev–Trinajstić information content (AvgIpc) is 2.58. The smallest absolute Gasteiger partial charge is 0.339 e. The van der Waals surface area contributed by atoms with Crippen LogP contribution in [-0.4, -0.2) is 36.5 Å². The fourth-order valence-electron chi connectivity index (χ4n) is 2.09. The molecule has 0 aliphatic carbocycles. The van der Waals surface area contributed by atoms with Crippen LogP contribution in [0, 0.1) is 0 Å². The molecule has 7 nitrogen and oxygen atoms in total. The molecule has 0 spiro atoms. The number of fused-ring (bicyclic) bond motifs is 1. The van der Waals surface area contributed by atoms with Crippen molar-refractivity contribution < 1.29 is 19.1 Å². The summed E-state index contributed by atoms with van der Waals surface area (Å²) in [5.74, 6) is -1.20. The zero-order valence-electron chi connectivity index (χ0n) is 13.8. The van der Waals surface area contributed by atoms with Gasteiger partial charge in [-0.05, 0) is 18.1 Å². The molecule has 126 valence electrons. The third-order valence-electron chi connectivity index (χ3n) is 3.36. The first-order chi connectivity index (χ1) is 11.4. The van der Waals surface area contributed by atoms with Crippen molar-refractivity contribution in [3.05, 3.63) is 41.6 Å². The van der Waals surface area contributed by atoms with Crippen LogP contribution in [0.5, 0.6) is 0 Å². The van der Waals surface area contributed by atoms with Gasteiger partial charge in [-0.1, -0.05) is 32.0 Å². The lowest BCUT2D eigenvalue weighted by Crippen LogP contribution is -2.39. The normalized spacial score (nSPS) is 10.5. The van der Waals surface area contributed by atoms with E-state index < -0.39 is 24.5 Å². The van der Waals surface area contributed by atoms with Gasteiger partial charge in [0.05, 0.1) is 11.1 Å². The summed E-state index contributed by atoms with van der Waals surface area (Å²) in [4.78, 5) is 39.5. The van der Waals surface area contributed by atoms with Gasteiger partial charge in [0.15, 0.2) is 6.61 Å². The molecule has 2 aromatic rings. The van der Waals surface area contributed by atoms with Crippen molar-refractivity contribution in [1.82, 2.24) is 15.6 Å². The second-order valence-electron chi connectivity index (χ2n) is 5.47. The summed E-state index contributed by atoms with van der Waals surface area (Å²) in [5, 5.41) is 4.92. The predicted octanol–water partition coefficient (Wildman–Crippen LogP) is 1.97. The van der Waals surface area contributed by atoms with E-state index in [2.05, 4.69) is 10.3 Å². The number of urea groups is 1. The molecule has 0 saturated carbocycles. The Labute approximate surface area is 139 Å². The van der Waals surface area contributed by atoms with E-state index in [1.165, 1.54) is 7.05 Å². The lowest BCUT2D eigenvalue weighted by atomic mass is 10.0. The van der Waals surface area contributed by atoms with Crippen molar-refractivity contribution >= 4 is 28.8 Å². The van der Waals surface area contributed by atoms with E-state index in [9.17, 15) is 14.4 Å². The topological polar surface area (TPSA) is 97.4 Å². The first-order valence-electron chi connectivity index (χ1n) is 7.50. The number of hydrogen-bond donors (Lipinski definition) is 2. The van der Waals surface area contributed by atoms with Crippen LogP contribution >= 0.6 is 0 Å². The zero-order valence-corrected chi connectivity index (χ0v) is 13.8. The first-order valence-corrected chi connectivity index (χ1v) is 7.50. The number of imide groups is 1. The maximum atomic E-state index is 12.4. The Bertz CT molecular complexity index is 786. The fourth-order valence-corrected chi connectivity index (χ4v) is 2.09. The molecule has 2 rings (SSSR count). The molecule has 0 bridgehead atoms. The molecular formula is C17H19N3O4. The van der Waals surface area contributed by atoms with E-state index in [1.54, 1.807) is 18.2 Å². The lowest BCUT2D eigenvalue weighted by molar-refractivity contribution is -0.123. The number of carbonyl (C=O) groups excluding carboxylic acids is 3. The van der Waals surface area contributed by atoms with Gasteiger partial charge < -0.3 is 10.1 Å². The minimum Gasteiger partial charge on any atom is -0.452 e. The molecule has 0 unspecified atom stereocenters. The van der Waals surface area contributed by atoms with E-state index in [0.29, 0.717) is 16.5 Å². The zero-order chi connectivity index (χ0) is 17.7. The molecule has 0 aliphatic heterocycles. The number of esters is 1. The third kappa shape index (κ3) is 4.07. The predicted molar refractivity (Wildman–Crippen MR) is 88.7 cm³/mol. The number of amides is 3. The summed E-state index contributed by atoms with van der Waals surface area (Å²) < 4.78 is 5.02. The van der Waals surface area contributed by atoms with Gasteiger partial charge in [0.25, 0.3) is 5.91 Å². The molecule has 2 N–H and O–H groups in total. The summed E-state index contributed by atoms with van der Waals surface area (Å²) in [6.45, 7) is 3.41. The highest BCUT2D eigenvalue weighted by atomic mass is 16.5. The monoisotopic (exact) mass is 329 g/mol. The average molecular weight is 329 g/mol. The van der Waals surface area contributed by atoms with E-state index in [0.717, 1.165) is 5.69 Å². The van der Waals surface area contributed by atoms with Gasteiger partial charge in [-0.25, -0.2) is 9.59 Å². The van der Waals surface area contributed by atoms with Gasteiger partial charge in [-0.3, -0.25) is 15.1 Å². The van der Waals surface area contributed by atoms with Gasteiger partial charge in [-0.15, -0.1) is 0 Å². The summed E-state index contributed by atoms with van der Waals surface area (Å²) >= 11 is 0. The molecule has 0 saturated heterocycles. The van der Waals surface area contributed by atoms with Crippen LogP contribution in [0.15, 0.2) is 30.3 Å². The van der Waals surface area contributed by atoms with Gasteiger partial charge in [-0.2, -0.15) is 0 Å². The van der Waals surface area contributed by atoms with Crippen LogP contribution < -0.4 is 10.6 Å². The van der Waals surface area contributed by atoms with Gasteiger partial charge in [0.1, 0.15) is 0 Å². The number of benzene rings is 1. The molecule has 1 aromatic carbocycles. The van der Waals surface area contributed by atoms with E-state index in [1.807, 2.05) is 31.3 Å². The quantitative estimate of drug-likeness (QED) is 0.836. The standard InChI is InChI=1S/C17H19N3O4/c1-10(2)14-8-12(11-6-4-5-7-13(11)19-14)16(22)24-9-15(21)20-17(23)18-3/h4-8,10H,9H2,1-3H3,(H2,18,20,21,23). The molecule has 24 heavy (non-hydrogen) atoms. The molecule has 0 fully saturated rings. The number of carbonyl (C=O) groups is 3. The van der Waals surface area contributed by atoms with Crippen LogP contribution in [0.3, 0.4) is 0 Å². The van der Waals surface area contributed by atoms with Crippen LogP contribution in [0.25, 0.3) is 10.9 Å².